The van der Waals surface area contributed by atoms with Gasteiger partial charge in [0.05, 0.1) is 6.54 Å². The fourth-order valence-electron chi connectivity index (χ4n) is 1.31. The molecule has 0 aliphatic heterocycles. The van der Waals surface area contributed by atoms with Gasteiger partial charge in [0.25, 0.3) is 0 Å². The van der Waals surface area contributed by atoms with Crippen molar-refractivity contribution in [2.24, 2.45) is 5.41 Å². The maximum atomic E-state index is 11.8. The summed E-state index contributed by atoms with van der Waals surface area (Å²) in [5.41, 5.74) is -0.349. The van der Waals surface area contributed by atoms with Gasteiger partial charge in [0.15, 0.2) is 4.67 Å². The van der Waals surface area contributed by atoms with Gasteiger partial charge < -0.3 is 9.32 Å². The standard InChI is InChI=1S/C11H16BrNO2/c1-11(2,3)10(14)13(4)7-8-5-6-9(12)15-8/h5-6H,7H2,1-4H3. The van der Waals surface area contributed by atoms with Gasteiger partial charge in [-0.1, -0.05) is 20.8 Å². The Hall–Kier alpha value is -0.770. The van der Waals surface area contributed by atoms with E-state index in [4.69, 9.17) is 4.42 Å². The fourth-order valence-corrected chi connectivity index (χ4v) is 1.65. The number of rotatable bonds is 2. The first-order valence-electron chi connectivity index (χ1n) is 4.80. The van der Waals surface area contributed by atoms with Gasteiger partial charge in [0, 0.05) is 12.5 Å². The van der Waals surface area contributed by atoms with Crippen LogP contribution in [-0.2, 0) is 11.3 Å². The SMILES string of the molecule is CN(Cc1ccc(Br)o1)C(=O)C(C)(C)C. The summed E-state index contributed by atoms with van der Waals surface area (Å²) in [6.07, 6.45) is 0. The van der Waals surface area contributed by atoms with Crippen LogP contribution in [0.3, 0.4) is 0 Å². The summed E-state index contributed by atoms with van der Waals surface area (Å²) in [6, 6.07) is 3.68. The number of nitrogens with zero attached hydrogens (tertiary/aromatic N) is 1. The van der Waals surface area contributed by atoms with Crippen LogP contribution in [0.5, 0.6) is 0 Å². The largest absolute Gasteiger partial charge is 0.452 e. The lowest BCUT2D eigenvalue weighted by Gasteiger charge is -2.25. The Labute approximate surface area is 98.6 Å². The summed E-state index contributed by atoms with van der Waals surface area (Å²) < 4.78 is 6.03. The molecular weight excluding hydrogens is 258 g/mol. The molecule has 0 bridgehead atoms. The molecule has 1 rings (SSSR count). The van der Waals surface area contributed by atoms with Gasteiger partial charge in [-0.3, -0.25) is 4.79 Å². The number of carbonyl (C=O) groups excluding carboxylic acids is 1. The van der Waals surface area contributed by atoms with Crippen LogP contribution in [0, 0.1) is 5.41 Å². The smallest absolute Gasteiger partial charge is 0.228 e. The number of halogens is 1. The highest BCUT2D eigenvalue weighted by Crippen LogP contribution is 2.20. The molecule has 1 aromatic heterocycles. The van der Waals surface area contributed by atoms with Crippen molar-refractivity contribution in [2.45, 2.75) is 27.3 Å². The third kappa shape index (κ3) is 3.38. The van der Waals surface area contributed by atoms with Crippen LogP contribution in [0.25, 0.3) is 0 Å². The predicted octanol–water partition coefficient (Wildman–Crippen LogP) is 3.05. The highest BCUT2D eigenvalue weighted by Gasteiger charge is 2.25. The first kappa shape index (κ1) is 12.3. The van der Waals surface area contributed by atoms with E-state index < -0.39 is 0 Å². The minimum atomic E-state index is -0.349. The molecule has 3 nitrogen and oxygen atoms in total. The summed E-state index contributed by atoms with van der Waals surface area (Å²) >= 11 is 3.23. The number of hydrogen-bond donors (Lipinski definition) is 0. The third-order valence-corrected chi connectivity index (χ3v) is 2.44. The molecule has 4 heteroatoms. The van der Waals surface area contributed by atoms with Crippen LogP contribution in [0.2, 0.25) is 0 Å². The Morgan fingerprint density at radius 1 is 1.47 bits per heavy atom. The van der Waals surface area contributed by atoms with Crippen LogP contribution < -0.4 is 0 Å². The lowest BCUT2D eigenvalue weighted by atomic mass is 9.95. The first-order valence-corrected chi connectivity index (χ1v) is 5.60. The minimum Gasteiger partial charge on any atom is -0.452 e. The topological polar surface area (TPSA) is 33.5 Å². The number of carbonyl (C=O) groups is 1. The van der Waals surface area contributed by atoms with Gasteiger partial charge >= 0.3 is 0 Å². The van der Waals surface area contributed by atoms with Crippen molar-refractivity contribution in [3.05, 3.63) is 22.6 Å². The molecule has 0 spiro atoms. The quantitative estimate of drug-likeness (QED) is 0.830. The molecule has 0 aliphatic carbocycles. The van der Waals surface area contributed by atoms with E-state index in [1.807, 2.05) is 32.9 Å². The van der Waals surface area contributed by atoms with E-state index in [2.05, 4.69) is 15.9 Å². The predicted molar refractivity (Wildman–Crippen MR) is 62.3 cm³/mol. The van der Waals surface area contributed by atoms with E-state index >= 15 is 0 Å². The van der Waals surface area contributed by atoms with Crippen LogP contribution >= 0.6 is 15.9 Å². The minimum absolute atomic E-state index is 0.107. The van der Waals surface area contributed by atoms with E-state index in [0.717, 1.165) is 5.76 Å². The summed E-state index contributed by atoms with van der Waals surface area (Å²) in [5, 5.41) is 0. The molecular formula is C11H16BrNO2. The monoisotopic (exact) mass is 273 g/mol. The maximum Gasteiger partial charge on any atom is 0.228 e. The zero-order valence-electron chi connectivity index (χ0n) is 9.50. The van der Waals surface area contributed by atoms with Crippen molar-refractivity contribution in [3.8, 4) is 0 Å². The highest BCUT2D eigenvalue weighted by atomic mass is 79.9. The van der Waals surface area contributed by atoms with Crippen molar-refractivity contribution in [3.63, 3.8) is 0 Å². The molecule has 1 amide bonds. The zero-order valence-corrected chi connectivity index (χ0v) is 11.1. The molecule has 0 saturated carbocycles. The molecule has 0 atom stereocenters. The molecule has 0 aliphatic rings. The van der Waals surface area contributed by atoms with Crippen molar-refractivity contribution < 1.29 is 9.21 Å². The van der Waals surface area contributed by atoms with Gasteiger partial charge in [-0.05, 0) is 28.1 Å². The zero-order chi connectivity index (χ0) is 11.6. The number of hydrogen-bond acceptors (Lipinski definition) is 2. The van der Waals surface area contributed by atoms with Gasteiger partial charge in [-0.15, -0.1) is 0 Å². The van der Waals surface area contributed by atoms with Gasteiger partial charge in [-0.25, -0.2) is 0 Å². The van der Waals surface area contributed by atoms with Crippen LogP contribution in [-0.4, -0.2) is 17.9 Å². The van der Waals surface area contributed by atoms with Crippen LogP contribution in [0.4, 0.5) is 0 Å². The van der Waals surface area contributed by atoms with E-state index in [9.17, 15) is 4.79 Å². The first-order chi connectivity index (χ1) is 6.80. The Balaban J connectivity index is 2.64. The molecule has 0 unspecified atom stereocenters. The Bertz CT molecular complexity index is 352. The Morgan fingerprint density at radius 3 is 2.47 bits per heavy atom. The van der Waals surface area contributed by atoms with E-state index in [-0.39, 0.29) is 11.3 Å². The molecule has 0 N–H and O–H groups in total. The molecule has 0 radical (unpaired) electrons. The third-order valence-electron chi connectivity index (χ3n) is 2.01. The average Bonchev–Trinajstić information content (AvgIpc) is 2.48. The highest BCUT2D eigenvalue weighted by molar-refractivity contribution is 9.10. The van der Waals surface area contributed by atoms with Crippen LogP contribution in [0.1, 0.15) is 26.5 Å². The summed E-state index contributed by atoms with van der Waals surface area (Å²) in [7, 11) is 1.78. The Kier molecular flexibility index (Phi) is 3.60. The molecule has 1 heterocycles. The van der Waals surface area contributed by atoms with Crippen molar-refractivity contribution in [1.29, 1.82) is 0 Å². The lowest BCUT2D eigenvalue weighted by molar-refractivity contribution is -0.138. The summed E-state index contributed by atoms with van der Waals surface area (Å²) in [4.78, 5) is 13.5. The van der Waals surface area contributed by atoms with Crippen LogP contribution in [0.15, 0.2) is 21.2 Å². The second-order valence-electron chi connectivity index (χ2n) is 4.62. The Morgan fingerprint density at radius 2 is 2.07 bits per heavy atom. The summed E-state index contributed by atoms with van der Waals surface area (Å²) in [5.74, 6) is 0.886. The maximum absolute atomic E-state index is 11.8. The molecule has 0 aromatic carbocycles. The van der Waals surface area contributed by atoms with Gasteiger partial charge in [-0.2, -0.15) is 0 Å². The fraction of sp³-hybridized carbons (Fsp3) is 0.545. The average molecular weight is 274 g/mol. The molecule has 0 saturated heterocycles. The molecule has 0 fully saturated rings. The second kappa shape index (κ2) is 4.39. The van der Waals surface area contributed by atoms with Gasteiger partial charge in [0.2, 0.25) is 5.91 Å². The van der Waals surface area contributed by atoms with Crippen molar-refractivity contribution in [2.75, 3.05) is 7.05 Å². The lowest BCUT2D eigenvalue weighted by Crippen LogP contribution is -2.36. The molecule has 15 heavy (non-hydrogen) atoms. The molecule has 1 aromatic rings. The van der Waals surface area contributed by atoms with Crippen molar-refractivity contribution in [1.82, 2.24) is 4.90 Å². The number of amides is 1. The van der Waals surface area contributed by atoms with Crippen molar-refractivity contribution >= 4 is 21.8 Å². The molecule has 84 valence electrons. The second-order valence-corrected chi connectivity index (χ2v) is 5.40. The van der Waals surface area contributed by atoms with Gasteiger partial charge in [0.1, 0.15) is 5.76 Å². The van der Waals surface area contributed by atoms with E-state index in [0.29, 0.717) is 11.2 Å². The van der Waals surface area contributed by atoms with E-state index in [1.54, 1.807) is 11.9 Å². The van der Waals surface area contributed by atoms with E-state index in [1.165, 1.54) is 0 Å². The summed E-state index contributed by atoms with van der Waals surface area (Å²) in [6.45, 7) is 6.22. The number of furan rings is 1. The normalized spacial score (nSPS) is 11.5.